The maximum absolute atomic E-state index is 6.23. The molecule has 2 atom stereocenters. The Morgan fingerprint density at radius 3 is 2.67 bits per heavy atom. The van der Waals surface area contributed by atoms with E-state index in [-0.39, 0.29) is 6.04 Å². The molecule has 1 aromatic carbocycles. The highest BCUT2D eigenvalue weighted by molar-refractivity contribution is 9.10. The summed E-state index contributed by atoms with van der Waals surface area (Å²) in [6.07, 6.45) is 2.78. The van der Waals surface area contributed by atoms with Crippen LogP contribution in [-0.2, 0) is 0 Å². The number of likely N-dealkylation sites (N-methyl/N-ethyl adjacent to an activating group) is 1. The molecule has 1 aliphatic rings. The highest BCUT2D eigenvalue weighted by atomic mass is 79.9. The van der Waals surface area contributed by atoms with Gasteiger partial charge in [-0.25, -0.2) is 0 Å². The third kappa shape index (κ3) is 3.56. The van der Waals surface area contributed by atoms with Gasteiger partial charge in [0.15, 0.2) is 0 Å². The third-order valence-corrected chi connectivity index (χ3v) is 4.17. The smallest absolute Gasteiger partial charge is 0.0496 e. The average molecular weight is 311 g/mol. The molecule has 2 N–H and O–H groups in total. The maximum Gasteiger partial charge on any atom is 0.0496 e. The van der Waals surface area contributed by atoms with E-state index < -0.39 is 0 Å². The molecule has 18 heavy (non-hydrogen) atoms. The largest absolute Gasteiger partial charge is 0.326 e. The van der Waals surface area contributed by atoms with Crippen LogP contribution in [0.4, 0.5) is 0 Å². The lowest BCUT2D eigenvalue weighted by molar-refractivity contribution is 0.178. The second-order valence-corrected chi connectivity index (χ2v) is 6.31. The monoisotopic (exact) mass is 310 g/mol. The van der Waals surface area contributed by atoms with Crippen molar-refractivity contribution in [1.82, 2.24) is 4.90 Å². The van der Waals surface area contributed by atoms with Crippen molar-refractivity contribution in [3.63, 3.8) is 0 Å². The normalized spacial score (nSPS) is 18.9. The molecular formula is C15H23BrN2. The molecule has 0 radical (unpaired) electrons. The molecule has 1 saturated carbocycles. The van der Waals surface area contributed by atoms with Crippen molar-refractivity contribution in [2.45, 2.75) is 38.8 Å². The lowest BCUT2D eigenvalue weighted by Gasteiger charge is -2.34. The Morgan fingerprint density at radius 1 is 1.44 bits per heavy atom. The summed E-state index contributed by atoms with van der Waals surface area (Å²) in [6, 6.07) is 9.03. The van der Waals surface area contributed by atoms with Crippen LogP contribution in [0, 0.1) is 5.92 Å². The summed E-state index contributed by atoms with van der Waals surface area (Å²) in [5.41, 5.74) is 7.56. The summed E-state index contributed by atoms with van der Waals surface area (Å²) in [5.74, 6) is 0.901. The van der Waals surface area contributed by atoms with Gasteiger partial charge in [0.2, 0.25) is 0 Å². The Hall–Kier alpha value is -0.380. The summed E-state index contributed by atoms with van der Waals surface area (Å²) in [6.45, 7) is 6.60. The molecule has 3 heteroatoms. The Bertz CT molecular complexity index is 388. The van der Waals surface area contributed by atoms with E-state index in [0.717, 1.165) is 16.9 Å². The van der Waals surface area contributed by atoms with E-state index in [1.165, 1.54) is 24.9 Å². The van der Waals surface area contributed by atoms with Crippen molar-refractivity contribution in [2.24, 2.45) is 11.7 Å². The van der Waals surface area contributed by atoms with Crippen LogP contribution in [0.3, 0.4) is 0 Å². The number of rotatable bonds is 6. The molecule has 0 aromatic heterocycles. The fraction of sp³-hybridized carbons (Fsp3) is 0.600. The van der Waals surface area contributed by atoms with E-state index in [4.69, 9.17) is 5.73 Å². The van der Waals surface area contributed by atoms with Crippen LogP contribution in [-0.4, -0.2) is 24.0 Å². The summed E-state index contributed by atoms with van der Waals surface area (Å²) in [5, 5.41) is 0. The highest BCUT2D eigenvalue weighted by Gasteiger charge is 2.29. The third-order valence-electron chi connectivity index (χ3n) is 3.68. The van der Waals surface area contributed by atoms with Crippen LogP contribution < -0.4 is 5.73 Å². The molecule has 0 bridgehead atoms. The summed E-state index contributed by atoms with van der Waals surface area (Å²) in [7, 11) is 0. The molecule has 0 aliphatic heterocycles. The predicted molar refractivity (Wildman–Crippen MR) is 80.5 cm³/mol. The molecule has 2 rings (SSSR count). The quantitative estimate of drug-likeness (QED) is 0.870. The van der Waals surface area contributed by atoms with Crippen LogP contribution in [0.1, 0.15) is 38.3 Å². The van der Waals surface area contributed by atoms with E-state index >= 15 is 0 Å². The van der Waals surface area contributed by atoms with Crippen molar-refractivity contribution in [1.29, 1.82) is 0 Å². The first-order valence-electron chi connectivity index (χ1n) is 6.87. The van der Waals surface area contributed by atoms with Crippen LogP contribution in [0.25, 0.3) is 0 Å². The first kappa shape index (κ1) is 14.0. The minimum absolute atomic E-state index is 0.151. The molecule has 1 aromatic rings. The average Bonchev–Trinajstić information content (AvgIpc) is 3.11. The van der Waals surface area contributed by atoms with Gasteiger partial charge < -0.3 is 5.73 Å². The highest BCUT2D eigenvalue weighted by Crippen LogP contribution is 2.34. The van der Waals surface area contributed by atoms with Crippen LogP contribution in [0.15, 0.2) is 28.7 Å². The Balaban J connectivity index is 2.19. The molecule has 0 amide bonds. The molecule has 1 fully saturated rings. The molecule has 2 unspecified atom stereocenters. The Kier molecular flexibility index (Phi) is 4.82. The van der Waals surface area contributed by atoms with E-state index in [0.29, 0.717) is 6.04 Å². The van der Waals surface area contributed by atoms with Gasteiger partial charge in [-0.05, 0) is 49.9 Å². The van der Waals surface area contributed by atoms with Crippen LogP contribution in [0.5, 0.6) is 0 Å². The van der Waals surface area contributed by atoms with Gasteiger partial charge in [0, 0.05) is 23.1 Å². The Morgan fingerprint density at radius 2 is 2.17 bits per heavy atom. The van der Waals surface area contributed by atoms with Crippen molar-refractivity contribution in [2.75, 3.05) is 13.1 Å². The lowest BCUT2D eigenvalue weighted by atomic mass is 9.99. The van der Waals surface area contributed by atoms with Gasteiger partial charge in [-0.2, -0.15) is 0 Å². The SMILES string of the molecule is CCN(CC1CC1)C(c1cccc(Br)c1)C(C)N. The second-order valence-electron chi connectivity index (χ2n) is 5.39. The summed E-state index contributed by atoms with van der Waals surface area (Å²) in [4.78, 5) is 2.53. The van der Waals surface area contributed by atoms with Gasteiger partial charge in [-0.15, -0.1) is 0 Å². The van der Waals surface area contributed by atoms with Gasteiger partial charge in [0.25, 0.3) is 0 Å². The predicted octanol–water partition coefficient (Wildman–Crippen LogP) is 3.57. The van der Waals surface area contributed by atoms with E-state index in [9.17, 15) is 0 Å². The number of halogens is 1. The molecule has 0 heterocycles. The van der Waals surface area contributed by atoms with Crippen LogP contribution in [0.2, 0.25) is 0 Å². The Labute approximate surface area is 119 Å². The van der Waals surface area contributed by atoms with E-state index in [1.807, 2.05) is 0 Å². The van der Waals surface area contributed by atoms with Crippen molar-refractivity contribution >= 4 is 15.9 Å². The molecule has 1 aliphatic carbocycles. The topological polar surface area (TPSA) is 29.3 Å². The van der Waals surface area contributed by atoms with Gasteiger partial charge in [-0.1, -0.05) is 35.0 Å². The van der Waals surface area contributed by atoms with Crippen molar-refractivity contribution in [3.8, 4) is 0 Å². The second kappa shape index (κ2) is 6.18. The maximum atomic E-state index is 6.23. The molecule has 0 spiro atoms. The lowest BCUT2D eigenvalue weighted by Crippen LogP contribution is -2.40. The number of benzene rings is 1. The molecule has 2 nitrogen and oxygen atoms in total. The van der Waals surface area contributed by atoms with Gasteiger partial charge in [0.1, 0.15) is 0 Å². The standard InChI is InChI=1S/C15H23BrN2/c1-3-18(10-12-7-8-12)15(11(2)17)13-5-4-6-14(16)9-13/h4-6,9,11-12,15H,3,7-8,10,17H2,1-2H3. The summed E-state index contributed by atoms with van der Waals surface area (Å²) >= 11 is 3.55. The van der Waals surface area contributed by atoms with Crippen molar-refractivity contribution in [3.05, 3.63) is 34.3 Å². The van der Waals surface area contributed by atoms with Gasteiger partial charge in [-0.3, -0.25) is 4.90 Å². The minimum atomic E-state index is 0.151. The first-order chi connectivity index (χ1) is 8.61. The molecule has 0 saturated heterocycles. The van der Waals surface area contributed by atoms with Crippen LogP contribution >= 0.6 is 15.9 Å². The number of nitrogens with zero attached hydrogens (tertiary/aromatic N) is 1. The van der Waals surface area contributed by atoms with E-state index in [1.54, 1.807) is 0 Å². The fourth-order valence-electron chi connectivity index (χ4n) is 2.61. The zero-order valence-electron chi connectivity index (χ0n) is 11.3. The van der Waals surface area contributed by atoms with Gasteiger partial charge >= 0.3 is 0 Å². The first-order valence-corrected chi connectivity index (χ1v) is 7.66. The summed E-state index contributed by atoms with van der Waals surface area (Å²) < 4.78 is 1.13. The molecular weight excluding hydrogens is 288 g/mol. The minimum Gasteiger partial charge on any atom is -0.326 e. The van der Waals surface area contributed by atoms with Crippen molar-refractivity contribution < 1.29 is 0 Å². The number of hydrogen-bond donors (Lipinski definition) is 1. The van der Waals surface area contributed by atoms with Gasteiger partial charge in [0.05, 0.1) is 0 Å². The van der Waals surface area contributed by atoms with E-state index in [2.05, 4.69) is 58.9 Å². The zero-order chi connectivity index (χ0) is 13.1. The zero-order valence-corrected chi connectivity index (χ0v) is 12.9. The number of nitrogens with two attached hydrogens (primary N) is 1. The molecule has 100 valence electrons. The number of hydrogen-bond acceptors (Lipinski definition) is 2. The fourth-order valence-corrected chi connectivity index (χ4v) is 3.03.